The summed E-state index contributed by atoms with van der Waals surface area (Å²) in [5, 5.41) is 11.5. The molecule has 5 nitrogen and oxygen atoms in total. The van der Waals surface area contributed by atoms with E-state index in [0.717, 1.165) is 78.3 Å². The van der Waals surface area contributed by atoms with Crippen molar-refractivity contribution in [3.8, 4) is 22.3 Å². The highest BCUT2D eigenvalue weighted by molar-refractivity contribution is 5.98. The van der Waals surface area contributed by atoms with Crippen molar-refractivity contribution in [3.63, 3.8) is 0 Å². The molecule has 0 aromatic heterocycles. The van der Waals surface area contributed by atoms with Crippen LogP contribution in [-0.2, 0) is 13.1 Å². The molecule has 8 aromatic carbocycles. The summed E-state index contributed by atoms with van der Waals surface area (Å²) in [5.74, 6) is 7.52. The molecule has 0 aliphatic rings. The van der Waals surface area contributed by atoms with E-state index in [1.165, 1.54) is 0 Å². The van der Waals surface area contributed by atoms with Gasteiger partial charge in [-0.15, -0.1) is 0 Å². The van der Waals surface area contributed by atoms with Crippen molar-refractivity contribution in [1.29, 1.82) is 0 Å². The molecule has 0 spiro atoms. The van der Waals surface area contributed by atoms with Crippen LogP contribution in [0.5, 0.6) is 0 Å². The molecule has 0 atom stereocenters. The standard InChI is InChI=1S/C49H41N5/c50-54(49(40-22-12-4-13-23-40)51-34-36-16-6-1-7-17-36)35-37-26-27-42-31-44(29-28-41(42)30-37)53-48-33-47(52-43-24-14-5-15-25-43)45(38-18-8-2-9-19-38)32-46(48)39-20-10-3-11-21-39/h1-33,52-53H,34-35,50H2. The Balaban J connectivity index is 1.10. The molecule has 0 amide bonds. The SMILES string of the molecule is NN(Cc1ccc2cc(Nc3cc(Nc4ccccc4)c(-c4ccccc4)cc3-c3ccccc3)ccc2c1)C(=NCc1ccccc1)c1ccccc1. The Morgan fingerprint density at radius 2 is 0.981 bits per heavy atom. The second-order valence-corrected chi connectivity index (χ2v) is 13.3. The maximum absolute atomic E-state index is 6.76. The molecule has 0 fully saturated rings. The second-order valence-electron chi connectivity index (χ2n) is 13.3. The first-order valence-electron chi connectivity index (χ1n) is 18.2. The molecule has 262 valence electrons. The largest absolute Gasteiger partial charge is 0.355 e. The van der Waals surface area contributed by atoms with Crippen LogP contribution in [0, 0.1) is 0 Å². The van der Waals surface area contributed by atoms with Crippen molar-refractivity contribution >= 4 is 39.4 Å². The van der Waals surface area contributed by atoms with Crippen LogP contribution in [0.25, 0.3) is 33.0 Å². The molecule has 0 saturated carbocycles. The molecule has 0 saturated heterocycles. The number of rotatable bonds is 11. The van der Waals surface area contributed by atoms with E-state index < -0.39 is 0 Å². The fourth-order valence-corrected chi connectivity index (χ4v) is 6.78. The van der Waals surface area contributed by atoms with Crippen LogP contribution < -0.4 is 16.5 Å². The lowest BCUT2D eigenvalue weighted by Gasteiger charge is -2.22. The average molecular weight is 700 g/mol. The van der Waals surface area contributed by atoms with Gasteiger partial charge in [0, 0.05) is 39.4 Å². The molecule has 8 rings (SSSR count). The number of nitrogens with zero attached hydrogens (tertiary/aromatic N) is 2. The fourth-order valence-electron chi connectivity index (χ4n) is 6.78. The van der Waals surface area contributed by atoms with E-state index >= 15 is 0 Å². The summed E-state index contributed by atoms with van der Waals surface area (Å²) in [7, 11) is 0. The van der Waals surface area contributed by atoms with E-state index in [4.69, 9.17) is 10.8 Å². The van der Waals surface area contributed by atoms with Crippen molar-refractivity contribution in [3.05, 3.63) is 217 Å². The monoisotopic (exact) mass is 699 g/mol. The lowest BCUT2D eigenvalue weighted by Crippen LogP contribution is -2.37. The summed E-state index contributed by atoms with van der Waals surface area (Å²) in [5.41, 5.74) is 11.8. The van der Waals surface area contributed by atoms with Crippen molar-refractivity contribution in [1.82, 2.24) is 5.01 Å². The molecule has 4 N–H and O–H groups in total. The third-order valence-corrected chi connectivity index (χ3v) is 9.47. The first kappa shape index (κ1) is 34.2. The Bertz CT molecular complexity index is 2480. The highest BCUT2D eigenvalue weighted by atomic mass is 15.4. The van der Waals surface area contributed by atoms with Gasteiger partial charge in [-0.2, -0.15) is 0 Å². The minimum Gasteiger partial charge on any atom is -0.355 e. The second kappa shape index (κ2) is 16.2. The van der Waals surface area contributed by atoms with Crippen LogP contribution >= 0.6 is 0 Å². The van der Waals surface area contributed by atoms with Crippen LogP contribution in [0.4, 0.5) is 22.7 Å². The highest BCUT2D eigenvalue weighted by Gasteiger charge is 2.15. The zero-order valence-corrected chi connectivity index (χ0v) is 29.9. The molecular formula is C49H41N5. The average Bonchev–Trinajstić information content (AvgIpc) is 3.23. The van der Waals surface area contributed by atoms with Gasteiger partial charge in [-0.25, -0.2) is 5.84 Å². The van der Waals surface area contributed by atoms with Gasteiger partial charge in [-0.3, -0.25) is 10.0 Å². The van der Waals surface area contributed by atoms with Gasteiger partial charge in [0.25, 0.3) is 0 Å². The number of anilines is 4. The fraction of sp³-hybridized carbons (Fsp3) is 0.0408. The number of nitrogens with one attached hydrogen (secondary N) is 2. The normalized spacial score (nSPS) is 11.3. The third-order valence-electron chi connectivity index (χ3n) is 9.47. The van der Waals surface area contributed by atoms with Gasteiger partial charge in [-0.1, -0.05) is 158 Å². The molecule has 54 heavy (non-hydrogen) atoms. The Labute approximate surface area is 317 Å². The van der Waals surface area contributed by atoms with Gasteiger partial charge < -0.3 is 10.6 Å². The van der Waals surface area contributed by atoms with Gasteiger partial charge in [0.15, 0.2) is 0 Å². The van der Waals surface area contributed by atoms with Crippen molar-refractivity contribution < 1.29 is 0 Å². The van der Waals surface area contributed by atoms with E-state index in [1.54, 1.807) is 5.01 Å². The zero-order chi connectivity index (χ0) is 36.5. The van der Waals surface area contributed by atoms with Crippen molar-refractivity contribution in [2.75, 3.05) is 10.6 Å². The number of amidine groups is 1. The predicted octanol–water partition coefficient (Wildman–Crippen LogP) is 12.0. The number of fused-ring (bicyclic) bond motifs is 1. The molecular weight excluding hydrogens is 659 g/mol. The van der Waals surface area contributed by atoms with E-state index in [2.05, 4.69) is 168 Å². The predicted molar refractivity (Wildman–Crippen MR) is 227 cm³/mol. The van der Waals surface area contributed by atoms with Crippen LogP contribution in [0.15, 0.2) is 205 Å². The Morgan fingerprint density at radius 3 is 1.61 bits per heavy atom. The summed E-state index contributed by atoms with van der Waals surface area (Å²) in [6.07, 6.45) is 0. The lowest BCUT2D eigenvalue weighted by atomic mass is 9.95. The first-order chi connectivity index (χ1) is 26.7. The molecule has 0 aliphatic carbocycles. The number of hydrogen-bond acceptors (Lipinski definition) is 4. The number of nitrogens with two attached hydrogens (primary N) is 1. The Kier molecular flexibility index (Phi) is 10.2. The van der Waals surface area contributed by atoms with E-state index in [0.29, 0.717) is 13.1 Å². The molecule has 0 radical (unpaired) electrons. The molecule has 0 bridgehead atoms. The number of para-hydroxylation sites is 1. The maximum atomic E-state index is 6.76. The smallest absolute Gasteiger partial charge is 0.145 e. The van der Waals surface area contributed by atoms with Crippen molar-refractivity contribution in [2.45, 2.75) is 13.1 Å². The Morgan fingerprint density at radius 1 is 0.463 bits per heavy atom. The van der Waals surface area contributed by atoms with E-state index in [-0.39, 0.29) is 0 Å². The van der Waals surface area contributed by atoms with Gasteiger partial charge in [0.2, 0.25) is 0 Å². The minimum absolute atomic E-state index is 0.518. The highest BCUT2D eigenvalue weighted by Crippen LogP contribution is 2.41. The van der Waals surface area contributed by atoms with E-state index in [9.17, 15) is 0 Å². The summed E-state index contributed by atoms with van der Waals surface area (Å²) < 4.78 is 0. The van der Waals surface area contributed by atoms with Gasteiger partial charge in [-0.05, 0) is 75.5 Å². The van der Waals surface area contributed by atoms with Gasteiger partial charge in [0.1, 0.15) is 5.84 Å². The molecule has 0 unspecified atom stereocenters. The quantitative estimate of drug-likeness (QED) is 0.0544. The summed E-state index contributed by atoms with van der Waals surface area (Å²) in [6, 6.07) is 69.4. The molecule has 8 aromatic rings. The van der Waals surface area contributed by atoms with E-state index in [1.807, 2.05) is 42.5 Å². The van der Waals surface area contributed by atoms with Crippen LogP contribution in [0.2, 0.25) is 0 Å². The van der Waals surface area contributed by atoms with Gasteiger partial charge >= 0.3 is 0 Å². The van der Waals surface area contributed by atoms with Crippen LogP contribution in [-0.4, -0.2) is 10.8 Å². The number of benzene rings is 8. The maximum Gasteiger partial charge on any atom is 0.145 e. The number of hydrazine groups is 1. The molecule has 5 heteroatoms. The first-order valence-corrected chi connectivity index (χ1v) is 18.2. The van der Waals surface area contributed by atoms with Crippen LogP contribution in [0.3, 0.4) is 0 Å². The summed E-state index contributed by atoms with van der Waals surface area (Å²) >= 11 is 0. The summed E-state index contributed by atoms with van der Waals surface area (Å²) in [4.78, 5) is 4.96. The third kappa shape index (κ3) is 8.07. The van der Waals surface area contributed by atoms with Crippen molar-refractivity contribution in [2.24, 2.45) is 10.8 Å². The number of hydrogen-bond donors (Lipinski definition) is 3. The zero-order valence-electron chi connectivity index (χ0n) is 29.9. The molecule has 0 aliphatic heterocycles. The van der Waals surface area contributed by atoms with Crippen LogP contribution in [0.1, 0.15) is 16.7 Å². The minimum atomic E-state index is 0.518. The lowest BCUT2D eigenvalue weighted by molar-refractivity contribution is 0.433. The number of aliphatic imine (C=N–C) groups is 1. The topological polar surface area (TPSA) is 65.7 Å². The summed E-state index contributed by atoms with van der Waals surface area (Å²) in [6.45, 7) is 1.07. The Hall–Kier alpha value is -6.95. The molecule has 0 heterocycles. The van der Waals surface area contributed by atoms with Gasteiger partial charge in [0.05, 0.1) is 13.1 Å².